The van der Waals surface area contributed by atoms with Gasteiger partial charge in [-0.05, 0) is 12.1 Å². The molecule has 5 nitrogen and oxygen atoms in total. The third-order valence-electron chi connectivity index (χ3n) is 2.32. The Labute approximate surface area is 118 Å². The van der Waals surface area contributed by atoms with Gasteiger partial charge in [-0.15, -0.1) is 5.10 Å². The molecule has 20 heavy (non-hydrogen) atoms. The van der Waals surface area contributed by atoms with Crippen LogP contribution in [0.15, 0.2) is 18.2 Å². The Morgan fingerprint density at radius 3 is 2.95 bits per heavy atom. The highest BCUT2D eigenvalue weighted by Gasteiger charge is 2.12. The minimum atomic E-state index is -1.04. The molecule has 0 aliphatic carbocycles. The van der Waals surface area contributed by atoms with Gasteiger partial charge in [0.15, 0.2) is 11.6 Å². The molecule has 1 aromatic heterocycles. The van der Waals surface area contributed by atoms with Crippen LogP contribution >= 0.6 is 11.3 Å². The van der Waals surface area contributed by atoms with E-state index in [0.29, 0.717) is 24.7 Å². The van der Waals surface area contributed by atoms with Crippen LogP contribution in [-0.4, -0.2) is 30.5 Å². The minimum Gasteiger partial charge on any atom is -0.427 e. The number of ether oxygens (including phenoxy) is 2. The molecule has 1 N–H and O–H groups in total. The summed E-state index contributed by atoms with van der Waals surface area (Å²) in [7, 11) is 1.62. The van der Waals surface area contributed by atoms with Crippen molar-refractivity contribution < 1.29 is 18.3 Å². The number of aromatic nitrogens is 2. The number of nitrogens with one attached hydrogen (secondary N) is 1. The van der Waals surface area contributed by atoms with Crippen molar-refractivity contribution in [1.29, 1.82) is 0 Å². The second kappa shape index (κ2) is 7.22. The first kappa shape index (κ1) is 14.8. The van der Waals surface area contributed by atoms with Crippen LogP contribution in [0.25, 0.3) is 0 Å². The molecule has 0 amide bonds. The van der Waals surface area contributed by atoms with Crippen LogP contribution in [0.4, 0.5) is 8.78 Å². The van der Waals surface area contributed by atoms with E-state index in [1.54, 1.807) is 7.11 Å². The first-order chi connectivity index (χ1) is 9.70. The zero-order chi connectivity index (χ0) is 14.4. The van der Waals surface area contributed by atoms with Gasteiger partial charge in [0.2, 0.25) is 5.82 Å². The monoisotopic (exact) mass is 301 g/mol. The van der Waals surface area contributed by atoms with Gasteiger partial charge in [-0.2, -0.15) is 4.39 Å². The molecule has 0 saturated heterocycles. The quantitative estimate of drug-likeness (QED) is 0.796. The topological polar surface area (TPSA) is 56.3 Å². The predicted molar refractivity (Wildman–Crippen MR) is 69.9 cm³/mol. The first-order valence-electron chi connectivity index (χ1n) is 5.84. The van der Waals surface area contributed by atoms with E-state index in [4.69, 9.17) is 9.47 Å². The van der Waals surface area contributed by atoms with Gasteiger partial charge < -0.3 is 14.8 Å². The maximum Gasteiger partial charge on any atom is 0.299 e. The highest BCUT2D eigenvalue weighted by atomic mass is 32.1. The molecule has 0 unspecified atom stereocenters. The van der Waals surface area contributed by atoms with Gasteiger partial charge in [-0.25, -0.2) is 4.39 Å². The van der Waals surface area contributed by atoms with E-state index in [2.05, 4.69) is 15.5 Å². The summed E-state index contributed by atoms with van der Waals surface area (Å²) in [5.41, 5.74) is 0. The van der Waals surface area contributed by atoms with Crippen LogP contribution in [0.2, 0.25) is 0 Å². The number of rotatable bonds is 7. The van der Waals surface area contributed by atoms with Crippen molar-refractivity contribution in [2.75, 3.05) is 20.3 Å². The Morgan fingerprint density at radius 2 is 2.15 bits per heavy atom. The Bertz CT molecular complexity index is 565. The SMILES string of the molecule is COCCNCc1nnc(Oc2cccc(F)c2F)s1. The van der Waals surface area contributed by atoms with E-state index in [0.717, 1.165) is 17.4 Å². The van der Waals surface area contributed by atoms with E-state index in [1.165, 1.54) is 12.1 Å². The summed E-state index contributed by atoms with van der Waals surface area (Å²) in [6.45, 7) is 1.79. The van der Waals surface area contributed by atoms with Crippen LogP contribution in [0.1, 0.15) is 5.01 Å². The maximum absolute atomic E-state index is 13.4. The van der Waals surface area contributed by atoms with Crippen LogP contribution in [0, 0.1) is 11.6 Å². The van der Waals surface area contributed by atoms with E-state index in [9.17, 15) is 8.78 Å². The second-order valence-electron chi connectivity index (χ2n) is 3.79. The fourth-order valence-corrected chi connectivity index (χ4v) is 2.05. The molecule has 0 atom stereocenters. The molecule has 1 heterocycles. The average Bonchev–Trinajstić information content (AvgIpc) is 2.88. The molecule has 0 aliphatic heterocycles. The summed E-state index contributed by atoms with van der Waals surface area (Å²) >= 11 is 1.16. The number of methoxy groups -OCH3 is 1. The number of hydrogen-bond donors (Lipinski definition) is 1. The van der Waals surface area contributed by atoms with Gasteiger partial charge in [0, 0.05) is 20.2 Å². The Kier molecular flexibility index (Phi) is 5.33. The summed E-state index contributed by atoms with van der Waals surface area (Å²) in [6, 6.07) is 3.71. The molecule has 2 rings (SSSR count). The number of benzene rings is 1. The van der Waals surface area contributed by atoms with Crippen LogP contribution in [0.5, 0.6) is 10.9 Å². The summed E-state index contributed by atoms with van der Waals surface area (Å²) in [6.07, 6.45) is 0. The van der Waals surface area contributed by atoms with E-state index in [-0.39, 0.29) is 10.9 Å². The molecule has 8 heteroatoms. The Hall–Kier alpha value is -1.64. The summed E-state index contributed by atoms with van der Waals surface area (Å²) in [5, 5.41) is 11.6. The summed E-state index contributed by atoms with van der Waals surface area (Å²) in [5.74, 6) is -2.21. The molecule has 0 radical (unpaired) electrons. The lowest BCUT2D eigenvalue weighted by Gasteiger charge is -2.02. The zero-order valence-corrected chi connectivity index (χ0v) is 11.5. The molecule has 0 aliphatic rings. The Balaban J connectivity index is 1.94. The number of nitrogens with zero attached hydrogens (tertiary/aromatic N) is 2. The lowest BCUT2D eigenvalue weighted by molar-refractivity contribution is 0.199. The minimum absolute atomic E-state index is 0.165. The van der Waals surface area contributed by atoms with Crippen LogP contribution in [0.3, 0.4) is 0 Å². The van der Waals surface area contributed by atoms with Gasteiger partial charge in [-0.1, -0.05) is 22.5 Å². The van der Waals surface area contributed by atoms with Gasteiger partial charge in [-0.3, -0.25) is 0 Å². The van der Waals surface area contributed by atoms with Gasteiger partial charge in [0.1, 0.15) is 5.01 Å². The van der Waals surface area contributed by atoms with E-state index >= 15 is 0 Å². The Morgan fingerprint density at radius 1 is 1.30 bits per heavy atom. The predicted octanol–water partition coefficient (Wildman–Crippen LogP) is 2.34. The van der Waals surface area contributed by atoms with Crippen molar-refractivity contribution in [3.05, 3.63) is 34.8 Å². The third kappa shape index (κ3) is 3.92. The summed E-state index contributed by atoms with van der Waals surface area (Å²) in [4.78, 5) is 0. The van der Waals surface area contributed by atoms with Gasteiger partial charge in [0.05, 0.1) is 6.61 Å². The third-order valence-corrected chi connectivity index (χ3v) is 3.12. The fraction of sp³-hybridized carbons (Fsp3) is 0.333. The molecule has 0 saturated carbocycles. The van der Waals surface area contributed by atoms with Crippen molar-refractivity contribution in [2.45, 2.75) is 6.54 Å². The average molecular weight is 301 g/mol. The van der Waals surface area contributed by atoms with Crippen molar-refractivity contribution in [2.24, 2.45) is 0 Å². The van der Waals surface area contributed by atoms with Crippen LogP contribution in [-0.2, 0) is 11.3 Å². The van der Waals surface area contributed by atoms with Gasteiger partial charge >= 0.3 is 0 Å². The first-order valence-corrected chi connectivity index (χ1v) is 6.66. The normalized spacial score (nSPS) is 10.8. The van der Waals surface area contributed by atoms with Crippen molar-refractivity contribution >= 4 is 11.3 Å². The molecular weight excluding hydrogens is 288 g/mol. The highest BCUT2D eigenvalue weighted by Crippen LogP contribution is 2.27. The lowest BCUT2D eigenvalue weighted by Crippen LogP contribution is -2.18. The molecule has 108 valence electrons. The number of halogens is 2. The van der Waals surface area contributed by atoms with Crippen molar-refractivity contribution in [1.82, 2.24) is 15.5 Å². The second-order valence-corrected chi connectivity index (χ2v) is 4.81. The zero-order valence-electron chi connectivity index (χ0n) is 10.7. The maximum atomic E-state index is 13.4. The molecule has 0 fully saturated rings. The van der Waals surface area contributed by atoms with Gasteiger partial charge in [0.25, 0.3) is 5.19 Å². The van der Waals surface area contributed by atoms with E-state index in [1.807, 2.05) is 0 Å². The van der Waals surface area contributed by atoms with E-state index < -0.39 is 11.6 Å². The van der Waals surface area contributed by atoms with Crippen LogP contribution < -0.4 is 10.1 Å². The fourth-order valence-electron chi connectivity index (χ4n) is 1.38. The largest absolute Gasteiger partial charge is 0.427 e. The lowest BCUT2D eigenvalue weighted by atomic mass is 10.3. The van der Waals surface area contributed by atoms with Crippen molar-refractivity contribution in [3.63, 3.8) is 0 Å². The molecule has 0 bridgehead atoms. The van der Waals surface area contributed by atoms with Crippen molar-refractivity contribution in [3.8, 4) is 10.9 Å². The number of hydrogen-bond acceptors (Lipinski definition) is 6. The molecule has 1 aromatic carbocycles. The summed E-state index contributed by atoms with van der Waals surface area (Å²) < 4.78 is 36.5. The highest BCUT2D eigenvalue weighted by molar-refractivity contribution is 7.13. The smallest absolute Gasteiger partial charge is 0.299 e. The molecule has 2 aromatic rings. The molecular formula is C12H13F2N3O2S. The molecule has 0 spiro atoms. The standard InChI is InChI=1S/C12H13F2N3O2S/c1-18-6-5-15-7-10-16-17-12(20-10)19-9-4-2-3-8(13)11(9)14/h2-4,15H,5-7H2,1H3.